The summed E-state index contributed by atoms with van der Waals surface area (Å²) >= 11 is 0. The summed E-state index contributed by atoms with van der Waals surface area (Å²) in [7, 11) is -6.66. The lowest BCUT2D eigenvalue weighted by atomic mass is 11.8. The lowest BCUT2D eigenvalue weighted by Gasteiger charge is -2.32. The first-order valence-corrected chi connectivity index (χ1v) is 7.08. The van der Waals surface area contributed by atoms with Crippen molar-refractivity contribution >= 4 is 19.7 Å². The van der Waals surface area contributed by atoms with Crippen LogP contribution in [0.15, 0.2) is 0 Å². The van der Waals surface area contributed by atoms with Crippen molar-refractivity contribution in [3.05, 3.63) is 0 Å². The molecule has 0 heterocycles. The molecule has 0 saturated heterocycles. The highest BCUT2D eigenvalue weighted by Gasteiger charge is 2.22. The highest BCUT2D eigenvalue weighted by Crippen LogP contribution is 2.17. The summed E-state index contributed by atoms with van der Waals surface area (Å²) in [6.45, 7) is 0. The van der Waals surface area contributed by atoms with Gasteiger partial charge in [-0.25, -0.2) is 4.21 Å². The lowest BCUT2D eigenvalue weighted by molar-refractivity contribution is 0.334. The van der Waals surface area contributed by atoms with Crippen LogP contribution in [-0.2, 0) is 27.6 Å². The Labute approximate surface area is 66.6 Å². The first-order valence-electron chi connectivity index (χ1n) is 2.63. The smallest absolute Gasteiger partial charge is 0.250 e. The average Bonchev–Trinajstić information content (AvgIpc) is 1.57. The van der Waals surface area contributed by atoms with Crippen LogP contribution < -0.4 is 0 Å². The third kappa shape index (κ3) is 6.42. The topological polar surface area (TPSA) is 69.7 Å². The van der Waals surface area contributed by atoms with Crippen LogP contribution in [0, 0.1) is 0 Å². The molecular formula is C4H12O5S2. The number of rotatable bonds is 3. The average molecular weight is 204 g/mol. The molecule has 70 valence electrons. The first-order chi connectivity index (χ1) is 4.52. The normalized spacial score (nSPS) is 17.3. The van der Waals surface area contributed by atoms with E-state index in [1.165, 1.54) is 18.8 Å². The van der Waals surface area contributed by atoms with E-state index < -0.39 is 19.7 Å². The summed E-state index contributed by atoms with van der Waals surface area (Å²) in [5.41, 5.74) is 0. The third-order valence-electron chi connectivity index (χ3n) is 0.519. The minimum Gasteiger partial charge on any atom is -0.250 e. The van der Waals surface area contributed by atoms with Crippen LogP contribution in [0.25, 0.3) is 0 Å². The Morgan fingerprint density at radius 2 is 1.55 bits per heavy atom. The molecule has 0 rings (SSSR count). The zero-order valence-electron chi connectivity index (χ0n) is 6.86. The second-order valence-corrected chi connectivity index (χ2v) is 9.22. The third-order valence-corrected chi connectivity index (χ3v) is 3.45. The van der Waals surface area contributed by atoms with Crippen LogP contribution in [0.4, 0.5) is 0 Å². The van der Waals surface area contributed by atoms with Crippen molar-refractivity contribution in [2.24, 2.45) is 0 Å². The van der Waals surface area contributed by atoms with Crippen LogP contribution in [0.5, 0.6) is 0 Å². The molecule has 0 aromatic heterocycles. The van der Waals surface area contributed by atoms with E-state index in [4.69, 9.17) is 0 Å². The van der Waals surface area contributed by atoms with Gasteiger partial charge in [-0.3, -0.25) is 4.18 Å². The Balaban J connectivity index is 4.69. The fourth-order valence-corrected chi connectivity index (χ4v) is 2.81. The van der Waals surface area contributed by atoms with Gasteiger partial charge in [-0.05, 0) is 0 Å². The van der Waals surface area contributed by atoms with Crippen LogP contribution in [-0.4, -0.2) is 38.5 Å². The van der Waals surface area contributed by atoms with Gasteiger partial charge in [0.2, 0.25) is 0 Å². The first kappa shape index (κ1) is 11.0. The Hall–Kier alpha value is 0.0200. The SMILES string of the molecule is COS(=O)(=O)OS(C)(C)(C)=O. The molecular weight excluding hydrogens is 192 g/mol. The lowest BCUT2D eigenvalue weighted by Crippen LogP contribution is -2.33. The molecule has 0 radical (unpaired) electrons. The van der Waals surface area contributed by atoms with E-state index in [-0.39, 0.29) is 0 Å². The van der Waals surface area contributed by atoms with Crippen molar-refractivity contribution in [3.8, 4) is 0 Å². The van der Waals surface area contributed by atoms with Crippen molar-refractivity contribution in [1.29, 1.82) is 0 Å². The van der Waals surface area contributed by atoms with Crippen molar-refractivity contribution in [2.75, 3.05) is 25.9 Å². The summed E-state index contributed by atoms with van der Waals surface area (Å²) in [6.07, 6.45) is 3.61. The second kappa shape index (κ2) is 2.51. The van der Waals surface area contributed by atoms with Gasteiger partial charge in [0.1, 0.15) is 0 Å². The summed E-state index contributed by atoms with van der Waals surface area (Å²) in [5, 5.41) is 0. The van der Waals surface area contributed by atoms with Gasteiger partial charge >= 0.3 is 10.4 Å². The fourth-order valence-electron chi connectivity index (χ4n) is 0.312. The zero-order valence-corrected chi connectivity index (χ0v) is 8.49. The minimum absolute atomic E-state index is 0.938. The molecule has 0 aromatic rings. The molecule has 0 amide bonds. The van der Waals surface area contributed by atoms with Gasteiger partial charge in [0, 0.05) is 18.8 Å². The van der Waals surface area contributed by atoms with Crippen LogP contribution in [0.1, 0.15) is 0 Å². The van der Waals surface area contributed by atoms with E-state index in [1.54, 1.807) is 0 Å². The standard InChI is InChI=1S/C4H12O5S2/c1-8-10(5,6)9-11(2,3,4)7/h1-4H3. The molecule has 7 heteroatoms. The molecule has 0 fully saturated rings. The summed E-state index contributed by atoms with van der Waals surface area (Å²) in [4.78, 5) is 0. The molecule has 11 heavy (non-hydrogen) atoms. The Bertz CT molecular complexity index is 283. The summed E-state index contributed by atoms with van der Waals surface area (Å²) in [5.74, 6) is 0. The van der Waals surface area contributed by atoms with E-state index in [2.05, 4.69) is 7.81 Å². The maximum Gasteiger partial charge on any atom is 0.417 e. The predicted octanol–water partition coefficient (Wildman–Crippen LogP) is -0.481. The highest BCUT2D eigenvalue weighted by molar-refractivity contribution is 8.18. The monoisotopic (exact) mass is 204 g/mol. The van der Waals surface area contributed by atoms with E-state index in [9.17, 15) is 12.6 Å². The molecule has 0 aliphatic rings. The van der Waals surface area contributed by atoms with Crippen molar-refractivity contribution in [2.45, 2.75) is 0 Å². The van der Waals surface area contributed by atoms with Crippen molar-refractivity contribution in [3.63, 3.8) is 0 Å². The second-order valence-electron chi connectivity index (χ2n) is 2.94. The van der Waals surface area contributed by atoms with Gasteiger partial charge in [0.05, 0.1) is 7.11 Å². The van der Waals surface area contributed by atoms with Gasteiger partial charge < -0.3 is 0 Å². The van der Waals surface area contributed by atoms with E-state index in [0.29, 0.717) is 0 Å². The maximum atomic E-state index is 11.3. The largest absolute Gasteiger partial charge is 0.417 e. The van der Waals surface area contributed by atoms with Crippen LogP contribution in [0.3, 0.4) is 0 Å². The molecule has 0 aliphatic carbocycles. The van der Waals surface area contributed by atoms with E-state index >= 15 is 0 Å². The predicted molar refractivity (Wildman–Crippen MR) is 42.9 cm³/mol. The Morgan fingerprint density at radius 1 is 1.18 bits per heavy atom. The molecule has 0 saturated carbocycles. The van der Waals surface area contributed by atoms with Crippen molar-refractivity contribution in [1.82, 2.24) is 0 Å². The molecule has 0 N–H and O–H groups in total. The highest BCUT2D eigenvalue weighted by atomic mass is 32.3. The van der Waals surface area contributed by atoms with Gasteiger partial charge in [-0.15, -0.1) is 3.63 Å². The molecule has 0 bridgehead atoms. The zero-order chi connectivity index (χ0) is 9.36. The molecule has 0 aromatic carbocycles. The Kier molecular flexibility index (Phi) is 2.52. The van der Waals surface area contributed by atoms with Crippen LogP contribution >= 0.6 is 0 Å². The number of hydrogen-bond donors (Lipinski definition) is 0. The maximum absolute atomic E-state index is 11.3. The fraction of sp³-hybridized carbons (Fsp3) is 1.00. The number of hydrogen-bond acceptors (Lipinski definition) is 5. The summed E-state index contributed by atoms with van der Waals surface area (Å²) in [6, 6.07) is 0. The van der Waals surface area contributed by atoms with Crippen LogP contribution in [0.2, 0.25) is 0 Å². The summed E-state index contributed by atoms with van der Waals surface area (Å²) < 4.78 is 40.7. The molecule has 0 unspecified atom stereocenters. The van der Waals surface area contributed by atoms with Gasteiger partial charge in [-0.1, -0.05) is 0 Å². The molecule has 5 nitrogen and oxygen atoms in total. The molecule has 0 spiro atoms. The van der Waals surface area contributed by atoms with E-state index in [1.807, 2.05) is 0 Å². The van der Waals surface area contributed by atoms with Gasteiger partial charge in [0.25, 0.3) is 0 Å². The Morgan fingerprint density at radius 3 is 1.64 bits per heavy atom. The van der Waals surface area contributed by atoms with Gasteiger partial charge in [-0.2, -0.15) is 17.8 Å². The van der Waals surface area contributed by atoms with E-state index in [0.717, 1.165) is 7.11 Å². The minimum atomic E-state index is -4.10. The molecule has 0 aliphatic heterocycles. The molecule has 0 atom stereocenters. The van der Waals surface area contributed by atoms with Gasteiger partial charge in [0.15, 0.2) is 0 Å². The quantitative estimate of drug-likeness (QED) is 0.621. The van der Waals surface area contributed by atoms with Crippen molar-refractivity contribution < 1.29 is 20.4 Å².